The molecule has 0 radical (unpaired) electrons. The zero-order chi connectivity index (χ0) is 14.7. The molecule has 2 aromatic heterocycles. The lowest BCUT2D eigenvalue weighted by molar-refractivity contribution is 0.625. The molecule has 0 spiro atoms. The topological polar surface area (TPSA) is 55.6 Å². The number of hydrogen-bond acceptors (Lipinski definition) is 4. The van der Waals surface area contributed by atoms with E-state index in [9.17, 15) is 4.39 Å². The zero-order valence-electron chi connectivity index (χ0n) is 11.5. The van der Waals surface area contributed by atoms with E-state index in [1.165, 1.54) is 18.5 Å². The highest BCUT2D eigenvalue weighted by Gasteiger charge is 2.07. The Kier molecular flexibility index (Phi) is 3.59. The monoisotopic (exact) mass is 283 g/mol. The second kappa shape index (κ2) is 5.70. The Morgan fingerprint density at radius 3 is 3.00 bits per heavy atom. The van der Waals surface area contributed by atoms with Crippen LogP contribution < -0.4 is 5.32 Å². The third-order valence-electron chi connectivity index (χ3n) is 3.20. The number of anilines is 1. The molecule has 0 saturated carbocycles. The fourth-order valence-electron chi connectivity index (χ4n) is 2.06. The second-order valence-electron chi connectivity index (χ2n) is 4.64. The Hall–Kier alpha value is -2.76. The number of benzene rings is 1. The maximum atomic E-state index is 13.3. The van der Waals surface area contributed by atoms with E-state index >= 15 is 0 Å². The molecule has 0 bridgehead atoms. The lowest BCUT2D eigenvalue weighted by Crippen LogP contribution is -2.07. The Labute approximate surface area is 121 Å². The Bertz CT molecular complexity index is 740. The van der Waals surface area contributed by atoms with Gasteiger partial charge in [0.05, 0.1) is 5.69 Å². The normalized spacial score (nSPS) is 10.6. The van der Waals surface area contributed by atoms with Gasteiger partial charge in [0.25, 0.3) is 0 Å². The molecule has 0 amide bonds. The quantitative estimate of drug-likeness (QED) is 0.800. The first kappa shape index (κ1) is 13.2. The number of aryl methyl sites for hydroxylation is 1. The maximum absolute atomic E-state index is 13.3. The smallest absolute Gasteiger partial charge is 0.178 e. The number of nitrogens with zero attached hydrogens (tertiary/aromatic N) is 4. The average molecular weight is 283 g/mol. The Morgan fingerprint density at radius 1 is 1.29 bits per heavy atom. The summed E-state index contributed by atoms with van der Waals surface area (Å²) in [5.41, 5.74) is 2.75. The number of nitrogens with one attached hydrogen (secondary N) is 1. The van der Waals surface area contributed by atoms with Crippen molar-refractivity contribution in [2.24, 2.45) is 0 Å². The molecule has 21 heavy (non-hydrogen) atoms. The minimum absolute atomic E-state index is 0.236. The minimum Gasteiger partial charge on any atom is -0.378 e. The maximum Gasteiger partial charge on any atom is 0.178 e. The lowest BCUT2D eigenvalue weighted by Gasteiger charge is -2.12. The number of aromatic nitrogens is 4. The van der Waals surface area contributed by atoms with Gasteiger partial charge in [-0.2, -0.15) is 5.10 Å². The van der Waals surface area contributed by atoms with Gasteiger partial charge >= 0.3 is 0 Å². The summed E-state index contributed by atoms with van der Waals surface area (Å²) in [5.74, 6) is 0.421. The highest BCUT2D eigenvalue weighted by molar-refractivity contribution is 5.56. The average Bonchev–Trinajstić information content (AvgIpc) is 3.03. The molecule has 1 N–H and O–H groups in total. The Balaban J connectivity index is 1.84. The van der Waals surface area contributed by atoms with Crippen LogP contribution in [0.4, 0.5) is 10.1 Å². The van der Waals surface area contributed by atoms with Crippen LogP contribution in [0.5, 0.6) is 0 Å². The van der Waals surface area contributed by atoms with Crippen molar-refractivity contribution >= 4 is 5.69 Å². The van der Waals surface area contributed by atoms with Gasteiger partial charge in [0.2, 0.25) is 0 Å². The predicted octanol–water partition coefficient (Wildman–Crippen LogP) is 2.72. The van der Waals surface area contributed by atoms with Crippen LogP contribution in [0.2, 0.25) is 0 Å². The van der Waals surface area contributed by atoms with Gasteiger partial charge < -0.3 is 5.32 Å². The zero-order valence-corrected chi connectivity index (χ0v) is 11.5. The summed E-state index contributed by atoms with van der Waals surface area (Å²) >= 11 is 0. The molecule has 5 nitrogen and oxygen atoms in total. The van der Waals surface area contributed by atoms with Crippen LogP contribution in [0.25, 0.3) is 5.82 Å². The van der Waals surface area contributed by atoms with Gasteiger partial charge in [0.15, 0.2) is 5.82 Å². The van der Waals surface area contributed by atoms with Crippen LogP contribution >= 0.6 is 0 Å². The summed E-state index contributed by atoms with van der Waals surface area (Å²) in [4.78, 5) is 8.22. The first-order chi connectivity index (χ1) is 10.2. The molecule has 1 aromatic carbocycles. The molecule has 0 aliphatic rings. The fourth-order valence-corrected chi connectivity index (χ4v) is 2.06. The molecule has 106 valence electrons. The summed E-state index contributed by atoms with van der Waals surface area (Å²) in [5, 5.41) is 7.34. The third kappa shape index (κ3) is 2.89. The van der Waals surface area contributed by atoms with Crippen molar-refractivity contribution in [2.75, 3.05) is 5.32 Å². The van der Waals surface area contributed by atoms with E-state index in [0.717, 1.165) is 16.8 Å². The number of pyridine rings is 1. The molecule has 6 heteroatoms. The summed E-state index contributed by atoms with van der Waals surface area (Å²) in [6.45, 7) is 2.47. The third-order valence-corrected chi connectivity index (χ3v) is 3.20. The standard InChI is InChI=1S/C15H14FN5/c1-11-4-5-13(16)7-12(11)8-19-14-3-2-6-18-15(14)21-10-17-9-20-21/h2-7,9-10,19H,8H2,1H3. The van der Waals surface area contributed by atoms with E-state index < -0.39 is 0 Å². The van der Waals surface area contributed by atoms with Crippen LogP contribution in [-0.2, 0) is 6.54 Å². The highest BCUT2D eigenvalue weighted by atomic mass is 19.1. The molecule has 0 atom stereocenters. The first-order valence-corrected chi connectivity index (χ1v) is 6.53. The van der Waals surface area contributed by atoms with E-state index in [4.69, 9.17) is 0 Å². The first-order valence-electron chi connectivity index (χ1n) is 6.53. The largest absolute Gasteiger partial charge is 0.378 e. The molecule has 0 unspecified atom stereocenters. The van der Waals surface area contributed by atoms with Crippen molar-refractivity contribution in [2.45, 2.75) is 13.5 Å². The van der Waals surface area contributed by atoms with Crippen LogP contribution in [0.3, 0.4) is 0 Å². The van der Waals surface area contributed by atoms with Crippen LogP contribution in [0.15, 0.2) is 49.2 Å². The SMILES string of the molecule is Cc1ccc(F)cc1CNc1cccnc1-n1cncn1. The van der Waals surface area contributed by atoms with E-state index in [-0.39, 0.29) is 5.82 Å². The predicted molar refractivity (Wildman–Crippen MR) is 77.6 cm³/mol. The van der Waals surface area contributed by atoms with Gasteiger partial charge in [-0.1, -0.05) is 6.07 Å². The van der Waals surface area contributed by atoms with Gasteiger partial charge in [-0.25, -0.2) is 19.0 Å². The number of halogens is 1. The van der Waals surface area contributed by atoms with Crippen molar-refractivity contribution in [3.05, 3.63) is 66.1 Å². The molecule has 0 aliphatic heterocycles. The number of rotatable bonds is 4. The molecule has 3 aromatic rings. The molecule has 0 aliphatic carbocycles. The number of hydrogen-bond donors (Lipinski definition) is 1. The highest BCUT2D eigenvalue weighted by Crippen LogP contribution is 2.18. The van der Waals surface area contributed by atoms with Crippen molar-refractivity contribution in [1.82, 2.24) is 19.7 Å². The van der Waals surface area contributed by atoms with E-state index in [0.29, 0.717) is 12.4 Å². The summed E-state index contributed by atoms with van der Waals surface area (Å²) in [6.07, 6.45) is 4.73. The van der Waals surface area contributed by atoms with Gasteiger partial charge in [0.1, 0.15) is 18.5 Å². The second-order valence-corrected chi connectivity index (χ2v) is 4.64. The molecule has 2 heterocycles. The van der Waals surface area contributed by atoms with Crippen molar-refractivity contribution < 1.29 is 4.39 Å². The van der Waals surface area contributed by atoms with Gasteiger partial charge in [-0.15, -0.1) is 0 Å². The summed E-state index contributed by atoms with van der Waals surface area (Å²) in [6, 6.07) is 8.51. The van der Waals surface area contributed by atoms with E-state index in [2.05, 4.69) is 20.4 Å². The van der Waals surface area contributed by atoms with Crippen molar-refractivity contribution in [3.63, 3.8) is 0 Å². The van der Waals surface area contributed by atoms with Crippen LogP contribution in [-0.4, -0.2) is 19.7 Å². The minimum atomic E-state index is -0.236. The molecular weight excluding hydrogens is 269 g/mol. The summed E-state index contributed by atoms with van der Waals surface area (Å²) in [7, 11) is 0. The molecule has 3 rings (SSSR count). The Morgan fingerprint density at radius 2 is 2.19 bits per heavy atom. The van der Waals surface area contributed by atoms with E-state index in [1.54, 1.807) is 23.3 Å². The van der Waals surface area contributed by atoms with Gasteiger partial charge in [-0.05, 0) is 42.3 Å². The van der Waals surface area contributed by atoms with Crippen molar-refractivity contribution in [1.29, 1.82) is 0 Å². The van der Waals surface area contributed by atoms with Crippen LogP contribution in [0.1, 0.15) is 11.1 Å². The molecular formula is C15H14FN5. The van der Waals surface area contributed by atoms with E-state index in [1.807, 2.05) is 19.1 Å². The lowest BCUT2D eigenvalue weighted by atomic mass is 10.1. The van der Waals surface area contributed by atoms with Gasteiger partial charge in [-0.3, -0.25) is 0 Å². The fraction of sp³-hybridized carbons (Fsp3) is 0.133. The molecule has 0 fully saturated rings. The van der Waals surface area contributed by atoms with Gasteiger partial charge in [0, 0.05) is 12.7 Å². The van der Waals surface area contributed by atoms with Crippen molar-refractivity contribution in [3.8, 4) is 5.82 Å². The summed E-state index contributed by atoms with van der Waals surface area (Å²) < 4.78 is 14.9. The molecule has 0 saturated heterocycles. The van der Waals surface area contributed by atoms with Crippen LogP contribution in [0, 0.1) is 12.7 Å².